The summed E-state index contributed by atoms with van der Waals surface area (Å²) in [6, 6.07) is 23.2. The summed E-state index contributed by atoms with van der Waals surface area (Å²) in [6.07, 6.45) is 1.11. The first kappa shape index (κ1) is 22.0. The number of ether oxygens (including phenoxy) is 1. The van der Waals surface area contributed by atoms with Crippen LogP contribution in [0.1, 0.15) is 28.8 Å². The minimum atomic E-state index is -3.52. The molecule has 32 heavy (non-hydrogen) atoms. The fraction of sp³-hybridized carbons (Fsp3) is 0.240. The van der Waals surface area contributed by atoms with E-state index in [1.54, 1.807) is 42.5 Å². The zero-order valence-corrected chi connectivity index (χ0v) is 18.7. The third kappa shape index (κ3) is 5.00. The van der Waals surface area contributed by atoms with Crippen molar-refractivity contribution in [3.05, 3.63) is 90.0 Å². The molecular formula is C25H26N2O4S. The molecule has 1 aliphatic heterocycles. The molecule has 1 heterocycles. The lowest BCUT2D eigenvalue weighted by molar-refractivity contribution is 0.0921. The van der Waals surface area contributed by atoms with Gasteiger partial charge in [-0.25, -0.2) is 8.42 Å². The van der Waals surface area contributed by atoms with Crippen molar-refractivity contribution in [1.29, 1.82) is 0 Å². The van der Waals surface area contributed by atoms with E-state index in [-0.39, 0.29) is 11.9 Å². The highest BCUT2D eigenvalue weighted by molar-refractivity contribution is 7.89. The molecule has 3 aromatic carbocycles. The van der Waals surface area contributed by atoms with Crippen molar-refractivity contribution in [3.8, 4) is 11.5 Å². The highest BCUT2D eigenvalue weighted by atomic mass is 32.2. The maximum Gasteiger partial charge on any atom is 0.255 e. The molecule has 1 amide bonds. The minimum Gasteiger partial charge on any atom is -0.457 e. The Hall–Kier alpha value is -3.16. The largest absolute Gasteiger partial charge is 0.457 e. The van der Waals surface area contributed by atoms with Gasteiger partial charge >= 0.3 is 0 Å². The lowest BCUT2D eigenvalue weighted by Crippen LogP contribution is -2.46. The number of benzene rings is 3. The SMILES string of the molecule is Cc1ccc(S(=O)(=O)N2CCC(NC(=O)c3ccccc3Oc3ccccc3)CC2)cc1. The van der Waals surface area contributed by atoms with E-state index in [9.17, 15) is 13.2 Å². The van der Waals surface area contributed by atoms with Crippen LogP contribution in [0.15, 0.2) is 83.8 Å². The molecule has 0 aliphatic carbocycles. The van der Waals surface area contributed by atoms with Gasteiger partial charge in [0.2, 0.25) is 10.0 Å². The maximum atomic E-state index is 12.9. The molecule has 0 unspecified atom stereocenters. The van der Waals surface area contributed by atoms with E-state index in [0.717, 1.165) is 5.56 Å². The number of rotatable bonds is 6. The number of nitrogens with one attached hydrogen (secondary N) is 1. The van der Waals surface area contributed by atoms with E-state index in [4.69, 9.17) is 4.74 Å². The van der Waals surface area contributed by atoms with E-state index in [0.29, 0.717) is 47.9 Å². The van der Waals surface area contributed by atoms with E-state index in [2.05, 4.69) is 5.32 Å². The summed E-state index contributed by atoms with van der Waals surface area (Å²) in [4.78, 5) is 13.2. The summed E-state index contributed by atoms with van der Waals surface area (Å²) in [7, 11) is -3.52. The zero-order valence-electron chi connectivity index (χ0n) is 17.9. The number of aryl methyl sites for hydroxylation is 1. The van der Waals surface area contributed by atoms with Crippen molar-refractivity contribution in [2.75, 3.05) is 13.1 Å². The average Bonchev–Trinajstić information content (AvgIpc) is 2.81. The third-order valence-corrected chi connectivity index (χ3v) is 7.46. The van der Waals surface area contributed by atoms with Gasteiger partial charge in [0.05, 0.1) is 10.5 Å². The summed E-state index contributed by atoms with van der Waals surface area (Å²) in [6.45, 7) is 2.65. The number of hydrogen-bond donors (Lipinski definition) is 1. The molecule has 0 spiro atoms. The summed E-state index contributed by atoms with van der Waals surface area (Å²) in [5.41, 5.74) is 1.47. The van der Waals surface area contributed by atoms with Crippen molar-refractivity contribution >= 4 is 15.9 Å². The molecule has 3 aromatic rings. The van der Waals surface area contributed by atoms with Crippen LogP contribution in [0.25, 0.3) is 0 Å². The van der Waals surface area contributed by atoms with Crippen LogP contribution in [0.4, 0.5) is 0 Å². The standard InChI is InChI=1S/C25H26N2O4S/c1-19-11-13-22(14-12-19)32(29,30)27-17-15-20(16-18-27)26-25(28)23-9-5-6-10-24(23)31-21-7-3-2-4-8-21/h2-14,20H,15-18H2,1H3,(H,26,28). The highest BCUT2D eigenvalue weighted by Gasteiger charge is 2.30. The number of piperidine rings is 1. The molecule has 0 aromatic heterocycles. The van der Waals surface area contributed by atoms with E-state index in [1.807, 2.05) is 43.3 Å². The Labute approximate surface area is 188 Å². The molecule has 166 valence electrons. The lowest BCUT2D eigenvalue weighted by atomic mass is 10.1. The topological polar surface area (TPSA) is 75.7 Å². The molecule has 4 rings (SSSR count). The smallest absolute Gasteiger partial charge is 0.255 e. The summed E-state index contributed by atoms with van der Waals surface area (Å²) in [5.74, 6) is 0.911. The second-order valence-corrected chi connectivity index (χ2v) is 9.81. The molecule has 0 bridgehead atoms. The molecule has 1 saturated heterocycles. The van der Waals surface area contributed by atoms with Crippen molar-refractivity contribution in [1.82, 2.24) is 9.62 Å². The Balaban J connectivity index is 1.39. The molecule has 1 fully saturated rings. The van der Waals surface area contributed by atoms with Gasteiger partial charge in [0.15, 0.2) is 0 Å². The molecule has 1 aliphatic rings. The van der Waals surface area contributed by atoms with E-state index >= 15 is 0 Å². The average molecular weight is 451 g/mol. The highest BCUT2D eigenvalue weighted by Crippen LogP contribution is 2.26. The van der Waals surface area contributed by atoms with Gasteiger partial charge in [-0.3, -0.25) is 4.79 Å². The predicted octanol–water partition coefficient (Wildman–Crippen LogP) is 4.37. The van der Waals surface area contributed by atoms with Gasteiger partial charge in [0.1, 0.15) is 11.5 Å². The van der Waals surface area contributed by atoms with Crippen molar-refractivity contribution < 1.29 is 17.9 Å². The van der Waals surface area contributed by atoms with Gasteiger partial charge in [0.25, 0.3) is 5.91 Å². The monoisotopic (exact) mass is 450 g/mol. The number of nitrogens with zero attached hydrogens (tertiary/aromatic N) is 1. The van der Waals surface area contributed by atoms with E-state index in [1.165, 1.54) is 4.31 Å². The Morgan fingerprint density at radius 1 is 0.906 bits per heavy atom. The van der Waals surface area contributed by atoms with Gasteiger partial charge in [-0.05, 0) is 56.2 Å². The molecule has 1 N–H and O–H groups in total. The van der Waals surface area contributed by atoms with Crippen LogP contribution >= 0.6 is 0 Å². The van der Waals surface area contributed by atoms with Gasteiger partial charge in [0, 0.05) is 19.1 Å². The van der Waals surface area contributed by atoms with Crippen LogP contribution in [0.3, 0.4) is 0 Å². The number of sulfonamides is 1. The second kappa shape index (κ2) is 9.54. The first-order valence-corrected chi connectivity index (χ1v) is 12.1. The summed E-state index contributed by atoms with van der Waals surface area (Å²) in [5, 5.41) is 3.04. The molecule has 6 nitrogen and oxygen atoms in total. The third-order valence-electron chi connectivity index (χ3n) is 5.55. The zero-order chi connectivity index (χ0) is 22.6. The Kier molecular flexibility index (Phi) is 6.58. The van der Waals surface area contributed by atoms with Crippen molar-refractivity contribution in [3.63, 3.8) is 0 Å². The molecule has 0 atom stereocenters. The van der Waals surface area contributed by atoms with Crippen molar-refractivity contribution in [2.24, 2.45) is 0 Å². The number of para-hydroxylation sites is 2. The number of hydrogen-bond acceptors (Lipinski definition) is 4. The van der Waals surface area contributed by atoms with Gasteiger partial charge in [-0.15, -0.1) is 0 Å². The Morgan fingerprint density at radius 2 is 1.53 bits per heavy atom. The Morgan fingerprint density at radius 3 is 2.22 bits per heavy atom. The fourth-order valence-electron chi connectivity index (χ4n) is 3.72. The first-order valence-electron chi connectivity index (χ1n) is 10.6. The number of carbonyl (C=O) groups is 1. The van der Waals surface area contributed by atoms with Crippen LogP contribution in [-0.4, -0.2) is 37.8 Å². The van der Waals surface area contributed by atoms with Gasteiger partial charge in [-0.1, -0.05) is 48.0 Å². The van der Waals surface area contributed by atoms with Crippen LogP contribution in [0, 0.1) is 6.92 Å². The summed E-state index contributed by atoms with van der Waals surface area (Å²) < 4.78 is 33.2. The maximum absolute atomic E-state index is 12.9. The van der Waals surface area contributed by atoms with E-state index < -0.39 is 10.0 Å². The first-order chi connectivity index (χ1) is 15.4. The molecule has 0 radical (unpaired) electrons. The molecule has 7 heteroatoms. The van der Waals surface area contributed by atoms with Gasteiger partial charge < -0.3 is 10.1 Å². The lowest BCUT2D eigenvalue weighted by Gasteiger charge is -2.31. The van der Waals surface area contributed by atoms with Crippen LogP contribution in [0.2, 0.25) is 0 Å². The second-order valence-electron chi connectivity index (χ2n) is 7.88. The molecule has 0 saturated carbocycles. The van der Waals surface area contributed by atoms with Gasteiger partial charge in [-0.2, -0.15) is 4.31 Å². The Bertz CT molecular complexity index is 1170. The summed E-state index contributed by atoms with van der Waals surface area (Å²) >= 11 is 0. The normalized spacial score (nSPS) is 15.3. The van der Waals surface area contributed by atoms with Crippen molar-refractivity contribution in [2.45, 2.75) is 30.7 Å². The number of carbonyl (C=O) groups excluding carboxylic acids is 1. The van der Waals surface area contributed by atoms with Crippen LogP contribution in [-0.2, 0) is 10.0 Å². The quantitative estimate of drug-likeness (QED) is 0.605. The fourth-order valence-corrected chi connectivity index (χ4v) is 5.19. The predicted molar refractivity (Wildman–Crippen MR) is 123 cm³/mol. The molecular weight excluding hydrogens is 424 g/mol. The van der Waals surface area contributed by atoms with Crippen LogP contribution in [0.5, 0.6) is 11.5 Å². The van der Waals surface area contributed by atoms with Crippen LogP contribution < -0.4 is 10.1 Å². The number of amides is 1. The minimum absolute atomic E-state index is 0.100.